The highest BCUT2D eigenvalue weighted by molar-refractivity contribution is 5.99. The van der Waals surface area contributed by atoms with E-state index in [1.807, 2.05) is 6.08 Å². The molecule has 0 saturated heterocycles. The molecule has 0 radical (unpaired) electrons. The Morgan fingerprint density at radius 2 is 1.68 bits per heavy atom. The van der Waals surface area contributed by atoms with E-state index in [-0.39, 0.29) is 43.2 Å². The minimum Gasteiger partial charge on any atom is -0.467 e. The van der Waals surface area contributed by atoms with E-state index in [1.165, 1.54) is 14.2 Å². The lowest BCUT2D eigenvalue weighted by Crippen LogP contribution is -2.20. The molecule has 0 amide bonds. The summed E-state index contributed by atoms with van der Waals surface area (Å²) in [6, 6.07) is 1.59. The van der Waals surface area contributed by atoms with E-state index in [0.717, 1.165) is 19.3 Å². The molecule has 0 fully saturated rings. The largest absolute Gasteiger partial charge is 0.467 e. The van der Waals surface area contributed by atoms with Gasteiger partial charge in [0.05, 0.1) is 0 Å². The quantitative estimate of drug-likeness (QED) is 0.0970. The van der Waals surface area contributed by atoms with Gasteiger partial charge in [-0.2, -0.15) is 0 Å². The van der Waals surface area contributed by atoms with Crippen LogP contribution in [0.15, 0.2) is 43.0 Å². The van der Waals surface area contributed by atoms with E-state index in [0.29, 0.717) is 23.3 Å². The van der Waals surface area contributed by atoms with Gasteiger partial charge in [-0.3, -0.25) is 4.79 Å². The SMILES string of the molecule is C=CCC(C)OC(=O)c1c(OCOC)cc(OCOC)c(C)c1CC(=O)/C=C/CC/C=C\CC. The molecular weight excluding hydrogens is 436 g/mol. The van der Waals surface area contributed by atoms with Gasteiger partial charge in [-0.15, -0.1) is 6.58 Å². The van der Waals surface area contributed by atoms with Gasteiger partial charge in [0.2, 0.25) is 0 Å². The van der Waals surface area contributed by atoms with Crippen molar-refractivity contribution >= 4 is 11.8 Å². The average Bonchev–Trinajstić information content (AvgIpc) is 2.80. The normalized spacial score (nSPS) is 12.1. The van der Waals surface area contributed by atoms with Crippen LogP contribution < -0.4 is 9.47 Å². The maximum absolute atomic E-state index is 13.2. The molecule has 0 aliphatic carbocycles. The highest BCUT2D eigenvalue weighted by Crippen LogP contribution is 2.35. The van der Waals surface area contributed by atoms with E-state index < -0.39 is 5.97 Å². The Kier molecular flexibility index (Phi) is 14.3. The molecule has 0 bridgehead atoms. The van der Waals surface area contributed by atoms with Gasteiger partial charge in [-0.05, 0) is 50.3 Å². The van der Waals surface area contributed by atoms with Crippen molar-refractivity contribution in [3.63, 3.8) is 0 Å². The molecule has 7 heteroatoms. The summed E-state index contributed by atoms with van der Waals surface area (Å²) < 4.78 is 27.0. The Bertz CT molecular complexity index is 855. The topological polar surface area (TPSA) is 80.3 Å². The highest BCUT2D eigenvalue weighted by Gasteiger charge is 2.26. The fourth-order valence-corrected chi connectivity index (χ4v) is 3.19. The number of allylic oxidation sites excluding steroid dienone is 4. The van der Waals surface area contributed by atoms with Crippen molar-refractivity contribution in [1.82, 2.24) is 0 Å². The minimum atomic E-state index is -0.585. The van der Waals surface area contributed by atoms with Crippen molar-refractivity contribution in [1.29, 1.82) is 0 Å². The van der Waals surface area contributed by atoms with Crippen LogP contribution in [-0.2, 0) is 25.4 Å². The van der Waals surface area contributed by atoms with Gasteiger partial charge in [0.25, 0.3) is 0 Å². The number of benzene rings is 1. The fraction of sp³-hybridized carbons (Fsp3) is 0.481. The average molecular weight is 475 g/mol. The standard InChI is InChI=1S/C27H38O7/c1-7-9-10-11-12-13-15-22(28)16-23-21(4)24(32-18-30-5)17-25(33-19-31-6)26(23)27(29)34-20(3)14-8-2/h8-10,13,15,17,20H,2,7,11-12,14,16,18-19H2,1,3-6H3/b10-9-,15-13+. The molecule has 1 unspecified atom stereocenters. The summed E-state index contributed by atoms with van der Waals surface area (Å²) in [5.41, 5.74) is 1.30. The smallest absolute Gasteiger partial charge is 0.342 e. The first kappa shape index (κ1) is 29.1. The summed E-state index contributed by atoms with van der Waals surface area (Å²) in [5.74, 6) is -0.0679. The monoisotopic (exact) mass is 474 g/mol. The van der Waals surface area contributed by atoms with Crippen LogP contribution in [0, 0.1) is 6.92 Å². The maximum atomic E-state index is 13.2. The summed E-state index contributed by atoms with van der Waals surface area (Å²) in [6.07, 6.45) is 12.0. The molecule has 0 N–H and O–H groups in total. The molecule has 0 aliphatic heterocycles. The van der Waals surface area contributed by atoms with Crippen LogP contribution in [0.3, 0.4) is 0 Å². The molecule has 0 saturated carbocycles. The number of ketones is 1. The number of carbonyl (C=O) groups is 2. The third kappa shape index (κ3) is 9.93. The summed E-state index contributed by atoms with van der Waals surface area (Å²) in [6.45, 7) is 9.24. The van der Waals surface area contributed by atoms with Crippen LogP contribution in [0.5, 0.6) is 11.5 Å². The van der Waals surface area contributed by atoms with Gasteiger partial charge in [-0.25, -0.2) is 4.79 Å². The second-order valence-electron chi connectivity index (χ2n) is 7.70. The zero-order valence-corrected chi connectivity index (χ0v) is 21.1. The van der Waals surface area contributed by atoms with Gasteiger partial charge < -0.3 is 23.7 Å². The van der Waals surface area contributed by atoms with Crippen molar-refractivity contribution in [3.8, 4) is 11.5 Å². The predicted molar refractivity (Wildman–Crippen MR) is 132 cm³/mol. The van der Waals surface area contributed by atoms with E-state index in [1.54, 1.807) is 32.1 Å². The van der Waals surface area contributed by atoms with E-state index in [4.69, 9.17) is 23.7 Å². The highest BCUT2D eigenvalue weighted by atomic mass is 16.7. The Balaban J connectivity index is 3.36. The van der Waals surface area contributed by atoms with Gasteiger partial charge >= 0.3 is 5.97 Å². The number of esters is 1. The first-order valence-corrected chi connectivity index (χ1v) is 11.5. The van der Waals surface area contributed by atoms with E-state index in [2.05, 4.69) is 25.7 Å². The van der Waals surface area contributed by atoms with Crippen LogP contribution in [0.4, 0.5) is 0 Å². The molecule has 1 rings (SSSR count). The molecule has 34 heavy (non-hydrogen) atoms. The van der Waals surface area contributed by atoms with Gasteiger partial charge in [-0.1, -0.05) is 31.2 Å². The zero-order valence-electron chi connectivity index (χ0n) is 21.1. The predicted octanol–water partition coefficient (Wildman–Crippen LogP) is 5.50. The van der Waals surface area contributed by atoms with Crippen LogP contribution in [0.2, 0.25) is 0 Å². The molecule has 0 aromatic heterocycles. The van der Waals surface area contributed by atoms with Gasteiger partial charge in [0, 0.05) is 33.1 Å². The van der Waals surface area contributed by atoms with Crippen molar-refractivity contribution in [2.75, 3.05) is 27.8 Å². The summed E-state index contributed by atoms with van der Waals surface area (Å²) in [5, 5.41) is 0. The van der Waals surface area contributed by atoms with Crippen LogP contribution >= 0.6 is 0 Å². The number of rotatable bonds is 17. The number of hydrogen-bond donors (Lipinski definition) is 0. The molecule has 1 aromatic carbocycles. The van der Waals surface area contributed by atoms with Crippen molar-refractivity contribution < 1.29 is 33.3 Å². The third-order valence-electron chi connectivity index (χ3n) is 4.87. The molecule has 7 nitrogen and oxygen atoms in total. The third-order valence-corrected chi connectivity index (χ3v) is 4.87. The Labute approximate surface area is 203 Å². The Morgan fingerprint density at radius 3 is 2.29 bits per heavy atom. The summed E-state index contributed by atoms with van der Waals surface area (Å²) >= 11 is 0. The fourth-order valence-electron chi connectivity index (χ4n) is 3.19. The first-order valence-electron chi connectivity index (χ1n) is 11.5. The van der Waals surface area contributed by atoms with Crippen LogP contribution in [0.1, 0.15) is 61.0 Å². The summed E-state index contributed by atoms with van der Waals surface area (Å²) in [4.78, 5) is 26.0. The lowest BCUT2D eigenvalue weighted by molar-refractivity contribution is -0.114. The van der Waals surface area contributed by atoms with Crippen molar-refractivity contribution in [3.05, 3.63) is 59.7 Å². The van der Waals surface area contributed by atoms with Gasteiger partial charge in [0.15, 0.2) is 19.4 Å². The molecular formula is C27H38O7. The number of ether oxygens (including phenoxy) is 5. The molecule has 188 valence electrons. The lowest BCUT2D eigenvalue weighted by atomic mass is 9.95. The molecule has 1 aromatic rings. The van der Waals surface area contributed by atoms with Gasteiger partial charge in [0.1, 0.15) is 23.2 Å². The molecule has 0 aliphatic rings. The van der Waals surface area contributed by atoms with E-state index >= 15 is 0 Å². The molecule has 1 atom stereocenters. The number of methoxy groups -OCH3 is 2. The second kappa shape index (κ2) is 16.7. The first-order chi connectivity index (χ1) is 16.4. The Hall–Kier alpha value is -2.90. The van der Waals surface area contributed by atoms with Crippen molar-refractivity contribution in [2.24, 2.45) is 0 Å². The van der Waals surface area contributed by atoms with Crippen LogP contribution in [0.25, 0.3) is 0 Å². The van der Waals surface area contributed by atoms with Crippen molar-refractivity contribution in [2.45, 2.75) is 59.0 Å². The molecule has 0 heterocycles. The number of hydrogen-bond acceptors (Lipinski definition) is 7. The van der Waals surface area contributed by atoms with Crippen LogP contribution in [-0.4, -0.2) is 45.7 Å². The maximum Gasteiger partial charge on any atom is 0.342 e. The zero-order chi connectivity index (χ0) is 25.3. The second-order valence-corrected chi connectivity index (χ2v) is 7.70. The lowest BCUT2D eigenvalue weighted by Gasteiger charge is -2.21. The number of unbranched alkanes of at least 4 members (excludes halogenated alkanes) is 1. The minimum absolute atomic E-state index is 0.00326. The summed E-state index contributed by atoms with van der Waals surface area (Å²) in [7, 11) is 2.99. The molecule has 0 spiro atoms. The Morgan fingerprint density at radius 1 is 1.03 bits per heavy atom. The number of carbonyl (C=O) groups excluding carboxylic acids is 2. The van der Waals surface area contributed by atoms with E-state index in [9.17, 15) is 9.59 Å².